The summed E-state index contributed by atoms with van der Waals surface area (Å²) < 4.78 is 5.00. The van der Waals surface area contributed by atoms with Crippen LogP contribution in [0.3, 0.4) is 0 Å². The number of nitriles is 1. The summed E-state index contributed by atoms with van der Waals surface area (Å²) in [5, 5.41) is 17.9. The molecule has 0 spiro atoms. The van der Waals surface area contributed by atoms with E-state index in [9.17, 15) is 9.90 Å². The molecule has 0 radical (unpaired) electrons. The number of aromatic carboxylic acids is 1. The predicted octanol–water partition coefficient (Wildman–Crippen LogP) is 1.33. The van der Waals surface area contributed by atoms with Crippen LogP contribution in [0.4, 0.5) is 11.4 Å². The topological polar surface area (TPSA) is 99.6 Å². The van der Waals surface area contributed by atoms with Gasteiger partial charge in [0.1, 0.15) is 0 Å². The summed E-state index contributed by atoms with van der Waals surface area (Å²) in [6, 6.07) is 6.67. The summed E-state index contributed by atoms with van der Waals surface area (Å²) in [7, 11) is 1.57. The number of rotatable bonds is 7. The quantitative estimate of drug-likeness (QED) is 0.720. The number of benzene rings is 1. The van der Waals surface area contributed by atoms with Gasteiger partial charge < -0.3 is 20.5 Å². The molecule has 0 saturated heterocycles. The maximum atomic E-state index is 11.2. The minimum absolute atomic E-state index is 0.170. The third-order valence-electron chi connectivity index (χ3n) is 2.65. The third-order valence-corrected chi connectivity index (χ3v) is 2.65. The lowest BCUT2D eigenvalue weighted by atomic mass is 10.1. The molecule has 0 heterocycles. The molecule has 6 heteroatoms. The van der Waals surface area contributed by atoms with Crippen molar-refractivity contribution >= 4 is 17.3 Å². The number of carboxylic acid groups (broad SMARTS) is 1. The second-order valence-electron chi connectivity index (χ2n) is 3.97. The number of anilines is 2. The molecular weight excluding hydrogens is 246 g/mol. The van der Waals surface area contributed by atoms with Crippen molar-refractivity contribution in [3.8, 4) is 6.07 Å². The van der Waals surface area contributed by atoms with Gasteiger partial charge in [-0.3, -0.25) is 0 Å². The van der Waals surface area contributed by atoms with E-state index in [1.165, 1.54) is 6.07 Å². The van der Waals surface area contributed by atoms with Gasteiger partial charge in [0, 0.05) is 25.9 Å². The molecular formula is C13H17N3O3. The first kappa shape index (κ1) is 14.8. The van der Waals surface area contributed by atoms with E-state index < -0.39 is 5.97 Å². The second kappa shape index (κ2) is 7.24. The third kappa shape index (κ3) is 4.16. The molecule has 1 aromatic carbocycles. The molecule has 0 fully saturated rings. The van der Waals surface area contributed by atoms with Crippen LogP contribution in [0.5, 0.6) is 0 Å². The van der Waals surface area contributed by atoms with E-state index in [4.69, 9.17) is 15.7 Å². The Morgan fingerprint density at radius 1 is 1.53 bits per heavy atom. The van der Waals surface area contributed by atoms with Crippen LogP contribution in [0, 0.1) is 11.3 Å². The number of carbonyl (C=O) groups is 1. The Bertz CT molecular complexity index is 483. The zero-order chi connectivity index (χ0) is 14.3. The van der Waals surface area contributed by atoms with E-state index in [-0.39, 0.29) is 5.56 Å². The fraction of sp³-hybridized carbons (Fsp3) is 0.385. The van der Waals surface area contributed by atoms with Gasteiger partial charge in [-0.1, -0.05) is 0 Å². The van der Waals surface area contributed by atoms with Crippen molar-refractivity contribution in [2.45, 2.75) is 6.42 Å². The molecule has 1 aromatic rings. The second-order valence-corrected chi connectivity index (χ2v) is 3.97. The molecule has 0 unspecified atom stereocenters. The largest absolute Gasteiger partial charge is 0.478 e. The average molecular weight is 263 g/mol. The number of carboxylic acids is 1. The van der Waals surface area contributed by atoms with Crippen molar-refractivity contribution in [2.24, 2.45) is 0 Å². The lowest BCUT2D eigenvalue weighted by Gasteiger charge is -2.25. The Morgan fingerprint density at radius 2 is 2.26 bits per heavy atom. The number of nitrogens with zero attached hydrogens (tertiary/aromatic N) is 2. The van der Waals surface area contributed by atoms with Crippen LogP contribution < -0.4 is 10.6 Å². The molecule has 6 nitrogen and oxygen atoms in total. The Labute approximate surface area is 112 Å². The molecule has 0 aromatic heterocycles. The van der Waals surface area contributed by atoms with E-state index in [1.807, 2.05) is 6.07 Å². The zero-order valence-electron chi connectivity index (χ0n) is 10.8. The van der Waals surface area contributed by atoms with Crippen LogP contribution in [0.1, 0.15) is 16.8 Å². The van der Waals surface area contributed by atoms with Crippen LogP contribution in [-0.4, -0.2) is 37.9 Å². The first-order valence-electron chi connectivity index (χ1n) is 5.83. The fourth-order valence-corrected chi connectivity index (χ4v) is 1.73. The molecule has 0 amide bonds. The molecule has 0 aliphatic carbocycles. The molecule has 0 atom stereocenters. The first-order chi connectivity index (χ1) is 9.10. The Balaban J connectivity index is 3.08. The van der Waals surface area contributed by atoms with Crippen molar-refractivity contribution < 1.29 is 14.6 Å². The maximum Gasteiger partial charge on any atom is 0.337 e. The smallest absolute Gasteiger partial charge is 0.337 e. The van der Waals surface area contributed by atoms with Crippen molar-refractivity contribution in [3.63, 3.8) is 0 Å². The predicted molar refractivity (Wildman–Crippen MR) is 72.1 cm³/mol. The molecule has 3 N–H and O–H groups in total. The van der Waals surface area contributed by atoms with E-state index in [0.29, 0.717) is 37.5 Å². The Kier molecular flexibility index (Phi) is 5.64. The molecule has 1 rings (SSSR count). The molecule has 102 valence electrons. The van der Waals surface area contributed by atoms with Gasteiger partial charge in [0.2, 0.25) is 0 Å². The van der Waals surface area contributed by atoms with E-state index >= 15 is 0 Å². The lowest BCUT2D eigenvalue weighted by molar-refractivity contribution is 0.0697. The van der Waals surface area contributed by atoms with Crippen molar-refractivity contribution in [2.75, 3.05) is 37.4 Å². The number of hydrogen-bond donors (Lipinski definition) is 2. The van der Waals surface area contributed by atoms with Gasteiger partial charge in [-0.25, -0.2) is 4.79 Å². The van der Waals surface area contributed by atoms with Crippen LogP contribution in [0.2, 0.25) is 0 Å². The average Bonchev–Trinajstić information content (AvgIpc) is 2.38. The summed E-state index contributed by atoms with van der Waals surface area (Å²) in [5.74, 6) is -1.02. The fourth-order valence-electron chi connectivity index (χ4n) is 1.73. The minimum atomic E-state index is -1.02. The molecule has 0 saturated carbocycles. The number of nitrogen functional groups attached to an aromatic ring is 1. The van der Waals surface area contributed by atoms with Gasteiger partial charge in [-0.05, 0) is 18.2 Å². The Hall–Kier alpha value is -2.26. The molecule has 0 bridgehead atoms. The van der Waals surface area contributed by atoms with E-state index in [0.717, 1.165) is 0 Å². The van der Waals surface area contributed by atoms with Gasteiger partial charge >= 0.3 is 5.97 Å². The van der Waals surface area contributed by atoms with Crippen molar-refractivity contribution in [1.82, 2.24) is 0 Å². The number of nitrogens with two attached hydrogens (primary N) is 1. The minimum Gasteiger partial charge on any atom is -0.478 e. The van der Waals surface area contributed by atoms with Gasteiger partial charge in [0.05, 0.1) is 30.3 Å². The SMILES string of the molecule is COCCN(CCC#N)c1cc(N)ccc1C(=O)O. The number of ether oxygens (including phenoxy) is 1. The summed E-state index contributed by atoms with van der Waals surface area (Å²) >= 11 is 0. The number of methoxy groups -OCH3 is 1. The normalized spacial score (nSPS) is 9.89. The van der Waals surface area contributed by atoms with Crippen LogP contribution in [0.25, 0.3) is 0 Å². The van der Waals surface area contributed by atoms with Crippen molar-refractivity contribution in [3.05, 3.63) is 23.8 Å². The van der Waals surface area contributed by atoms with E-state index in [1.54, 1.807) is 24.1 Å². The highest BCUT2D eigenvalue weighted by molar-refractivity contribution is 5.95. The van der Waals surface area contributed by atoms with Crippen LogP contribution >= 0.6 is 0 Å². The van der Waals surface area contributed by atoms with Gasteiger partial charge in [-0.2, -0.15) is 5.26 Å². The van der Waals surface area contributed by atoms with Gasteiger partial charge in [0.15, 0.2) is 0 Å². The summed E-state index contributed by atoms with van der Waals surface area (Å²) in [4.78, 5) is 13.0. The lowest BCUT2D eigenvalue weighted by Crippen LogP contribution is -2.29. The standard InChI is InChI=1S/C13H17N3O3/c1-19-8-7-16(6-2-5-14)12-9-10(15)3-4-11(12)13(17)18/h3-4,9H,2,6-8,15H2,1H3,(H,17,18). The summed E-state index contributed by atoms with van der Waals surface area (Å²) in [5.41, 5.74) is 6.88. The molecule has 19 heavy (non-hydrogen) atoms. The highest BCUT2D eigenvalue weighted by atomic mass is 16.5. The highest BCUT2D eigenvalue weighted by Gasteiger charge is 2.16. The van der Waals surface area contributed by atoms with Crippen molar-refractivity contribution in [1.29, 1.82) is 5.26 Å². The van der Waals surface area contributed by atoms with Crippen LogP contribution in [0.15, 0.2) is 18.2 Å². The maximum absolute atomic E-state index is 11.2. The van der Waals surface area contributed by atoms with Crippen LogP contribution in [-0.2, 0) is 4.74 Å². The summed E-state index contributed by atoms with van der Waals surface area (Å²) in [6.07, 6.45) is 0.303. The molecule has 0 aliphatic heterocycles. The Morgan fingerprint density at radius 3 is 2.84 bits per heavy atom. The zero-order valence-corrected chi connectivity index (χ0v) is 10.8. The monoisotopic (exact) mass is 263 g/mol. The van der Waals surface area contributed by atoms with Gasteiger partial charge in [0.25, 0.3) is 0 Å². The van der Waals surface area contributed by atoms with E-state index in [2.05, 4.69) is 0 Å². The molecule has 0 aliphatic rings. The number of hydrogen-bond acceptors (Lipinski definition) is 5. The summed E-state index contributed by atoms with van der Waals surface area (Å²) in [6.45, 7) is 1.38. The van der Waals surface area contributed by atoms with Gasteiger partial charge in [-0.15, -0.1) is 0 Å². The highest BCUT2D eigenvalue weighted by Crippen LogP contribution is 2.24. The first-order valence-corrected chi connectivity index (χ1v) is 5.83.